The second-order valence-corrected chi connectivity index (χ2v) is 10.0. The standard InChI is InChI=1S/C26H19PS/c1-3-12-21(13-4-1)27(22-14-5-2-6-15-22)26-25(18-19-28-26)24-17-9-11-20-10-7-8-16-23(20)24/h1-19H. The maximum atomic E-state index is 2.29. The Hall–Kier alpha value is -2.73. The van der Waals surface area contributed by atoms with Crippen LogP contribution in [0.1, 0.15) is 0 Å². The van der Waals surface area contributed by atoms with Crippen LogP contribution in [0.2, 0.25) is 0 Å². The van der Waals surface area contributed by atoms with Gasteiger partial charge in [-0.15, -0.1) is 11.3 Å². The van der Waals surface area contributed by atoms with Crippen LogP contribution in [0, 0.1) is 0 Å². The Bertz CT molecular complexity index is 1160. The number of hydrogen-bond donors (Lipinski definition) is 0. The molecule has 0 N–H and O–H groups in total. The highest BCUT2D eigenvalue weighted by molar-refractivity contribution is 7.84. The van der Waals surface area contributed by atoms with Crippen LogP contribution in [-0.4, -0.2) is 0 Å². The van der Waals surface area contributed by atoms with Crippen molar-refractivity contribution in [3.63, 3.8) is 0 Å². The SMILES string of the molecule is c1ccc(P(c2ccccc2)c2sccc2-c2cccc3ccccc23)cc1. The van der Waals surface area contributed by atoms with Crippen LogP contribution in [-0.2, 0) is 0 Å². The summed E-state index contributed by atoms with van der Waals surface area (Å²) in [6.07, 6.45) is 0. The zero-order valence-corrected chi connectivity index (χ0v) is 17.0. The lowest BCUT2D eigenvalue weighted by Crippen LogP contribution is -2.19. The van der Waals surface area contributed by atoms with Gasteiger partial charge < -0.3 is 0 Å². The molecule has 0 bridgehead atoms. The smallest absolute Gasteiger partial charge is 0.0446 e. The van der Waals surface area contributed by atoms with E-state index in [0.717, 1.165) is 0 Å². The molecule has 4 aromatic carbocycles. The molecule has 134 valence electrons. The molecule has 1 aromatic heterocycles. The van der Waals surface area contributed by atoms with Crippen molar-refractivity contribution in [2.75, 3.05) is 0 Å². The molecule has 0 radical (unpaired) electrons. The maximum absolute atomic E-state index is 2.29. The third-order valence-corrected chi connectivity index (χ3v) is 8.81. The summed E-state index contributed by atoms with van der Waals surface area (Å²) in [6.45, 7) is 0. The number of hydrogen-bond acceptors (Lipinski definition) is 1. The van der Waals surface area contributed by atoms with Crippen LogP contribution in [0.4, 0.5) is 0 Å². The van der Waals surface area contributed by atoms with Gasteiger partial charge in [-0.05, 0) is 46.3 Å². The van der Waals surface area contributed by atoms with E-state index in [1.165, 1.54) is 37.1 Å². The van der Waals surface area contributed by atoms with Gasteiger partial charge in [0.1, 0.15) is 0 Å². The molecule has 0 aliphatic heterocycles. The van der Waals surface area contributed by atoms with Gasteiger partial charge >= 0.3 is 0 Å². The molecule has 0 aliphatic rings. The minimum absolute atomic E-state index is 0.590. The Morgan fingerprint density at radius 3 is 1.82 bits per heavy atom. The molecule has 0 nitrogen and oxygen atoms in total. The van der Waals surface area contributed by atoms with Gasteiger partial charge in [-0.3, -0.25) is 0 Å². The molecule has 0 atom stereocenters. The monoisotopic (exact) mass is 394 g/mol. The summed E-state index contributed by atoms with van der Waals surface area (Å²) in [5.41, 5.74) is 2.69. The number of fused-ring (bicyclic) bond motifs is 1. The second-order valence-electron chi connectivity index (χ2n) is 6.67. The largest absolute Gasteiger partial charge is 0.143 e. The average molecular weight is 394 g/mol. The van der Waals surface area contributed by atoms with E-state index in [-0.39, 0.29) is 0 Å². The molecule has 2 heteroatoms. The number of thiophene rings is 1. The molecule has 0 amide bonds. The van der Waals surface area contributed by atoms with Gasteiger partial charge in [0.05, 0.1) is 0 Å². The van der Waals surface area contributed by atoms with Crippen LogP contribution >= 0.6 is 19.3 Å². The molecule has 0 saturated heterocycles. The van der Waals surface area contributed by atoms with Crippen molar-refractivity contribution in [3.8, 4) is 11.1 Å². The van der Waals surface area contributed by atoms with E-state index < -0.39 is 7.92 Å². The molecule has 0 saturated carbocycles. The average Bonchev–Trinajstić information content (AvgIpc) is 3.24. The Morgan fingerprint density at radius 1 is 0.500 bits per heavy atom. The first kappa shape index (κ1) is 17.4. The van der Waals surface area contributed by atoms with E-state index in [1.54, 1.807) is 0 Å². The van der Waals surface area contributed by atoms with Crippen molar-refractivity contribution in [1.82, 2.24) is 0 Å². The van der Waals surface area contributed by atoms with Gasteiger partial charge in [-0.2, -0.15) is 0 Å². The molecule has 5 rings (SSSR count). The summed E-state index contributed by atoms with van der Waals surface area (Å²) in [4.78, 5) is 0. The normalized spacial score (nSPS) is 11.2. The van der Waals surface area contributed by atoms with E-state index in [0.29, 0.717) is 0 Å². The Kier molecular flexibility index (Phi) is 4.79. The summed E-state index contributed by atoms with van der Waals surface area (Å²) in [7, 11) is -0.590. The summed E-state index contributed by atoms with van der Waals surface area (Å²) in [5, 5.41) is 7.65. The minimum Gasteiger partial charge on any atom is -0.143 e. The molecule has 0 fully saturated rings. The third-order valence-electron chi connectivity index (χ3n) is 4.96. The van der Waals surface area contributed by atoms with Gasteiger partial charge in [0.15, 0.2) is 0 Å². The topological polar surface area (TPSA) is 0 Å². The van der Waals surface area contributed by atoms with Crippen molar-refractivity contribution in [1.29, 1.82) is 0 Å². The molecule has 1 heterocycles. The highest BCUT2D eigenvalue weighted by atomic mass is 32.1. The summed E-state index contributed by atoms with van der Waals surface area (Å²) in [5.74, 6) is 0. The van der Waals surface area contributed by atoms with Crippen LogP contribution < -0.4 is 15.2 Å². The van der Waals surface area contributed by atoms with E-state index in [1.807, 2.05) is 11.3 Å². The molecule has 0 spiro atoms. The predicted octanol–water partition coefficient (Wildman–Crippen LogP) is 6.33. The lowest BCUT2D eigenvalue weighted by molar-refractivity contribution is 1.72. The fourth-order valence-electron chi connectivity index (χ4n) is 3.68. The van der Waals surface area contributed by atoms with Gasteiger partial charge in [-0.25, -0.2) is 0 Å². The van der Waals surface area contributed by atoms with Crippen molar-refractivity contribution in [2.45, 2.75) is 0 Å². The van der Waals surface area contributed by atoms with E-state index in [4.69, 9.17) is 0 Å². The summed E-state index contributed by atoms with van der Waals surface area (Å²) in [6, 6.07) is 39.5. The first-order chi connectivity index (χ1) is 13.9. The predicted molar refractivity (Wildman–Crippen MR) is 126 cm³/mol. The van der Waals surface area contributed by atoms with E-state index in [9.17, 15) is 0 Å². The zero-order chi connectivity index (χ0) is 18.8. The fourth-order valence-corrected chi connectivity index (χ4v) is 7.70. The third kappa shape index (κ3) is 3.18. The van der Waals surface area contributed by atoms with Crippen molar-refractivity contribution >= 4 is 45.3 Å². The molecular weight excluding hydrogens is 375 g/mol. The fraction of sp³-hybridized carbons (Fsp3) is 0. The van der Waals surface area contributed by atoms with E-state index >= 15 is 0 Å². The van der Waals surface area contributed by atoms with Gasteiger partial charge in [0.25, 0.3) is 0 Å². The van der Waals surface area contributed by atoms with E-state index in [2.05, 4.69) is 115 Å². The Morgan fingerprint density at radius 2 is 1.11 bits per heavy atom. The summed E-state index contributed by atoms with van der Waals surface area (Å²) >= 11 is 1.88. The van der Waals surface area contributed by atoms with Crippen LogP contribution in [0.3, 0.4) is 0 Å². The first-order valence-electron chi connectivity index (χ1n) is 9.38. The second kappa shape index (κ2) is 7.72. The lowest BCUT2D eigenvalue weighted by atomic mass is 10.0. The Balaban J connectivity index is 1.74. The van der Waals surface area contributed by atoms with Crippen molar-refractivity contribution in [3.05, 3.63) is 115 Å². The van der Waals surface area contributed by atoms with Gasteiger partial charge in [0, 0.05) is 10.2 Å². The molecule has 0 unspecified atom stereocenters. The lowest BCUT2D eigenvalue weighted by Gasteiger charge is -2.20. The first-order valence-corrected chi connectivity index (χ1v) is 11.6. The highest BCUT2D eigenvalue weighted by Crippen LogP contribution is 2.41. The summed E-state index contributed by atoms with van der Waals surface area (Å²) < 4.78 is 1.46. The Labute approximate surface area is 170 Å². The maximum Gasteiger partial charge on any atom is 0.0446 e. The van der Waals surface area contributed by atoms with Gasteiger partial charge in [0.2, 0.25) is 0 Å². The zero-order valence-electron chi connectivity index (χ0n) is 15.3. The van der Waals surface area contributed by atoms with Crippen LogP contribution in [0.25, 0.3) is 21.9 Å². The molecule has 0 aliphatic carbocycles. The van der Waals surface area contributed by atoms with Crippen LogP contribution in [0.15, 0.2) is 115 Å². The van der Waals surface area contributed by atoms with Crippen LogP contribution in [0.5, 0.6) is 0 Å². The minimum atomic E-state index is -0.590. The molecular formula is C26H19PS. The van der Waals surface area contributed by atoms with Crippen molar-refractivity contribution < 1.29 is 0 Å². The molecule has 5 aromatic rings. The van der Waals surface area contributed by atoms with Gasteiger partial charge in [-0.1, -0.05) is 103 Å². The van der Waals surface area contributed by atoms with Crippen molar-refractivity contribution in [2.24, 2.45) is 0 Å². The number of benzene rings is 4. The number of rotatable bonds is 4. The quantitative estimate of drug-likeness (QED) is 0.313. The highest BCUT2D eigenvalue weighted by Gasteiger charge is 2.22. The molecule has 28 heavy (non-hydrogen) atoms.